The zero-order valence-corrected chi connectivity index (χ0v) is 16.8. The van der Waals surface area contributed by atoms with Crippen molar-refractivity contribution in [3.63, 3.8) is 0 Å². The summed E-state index contributed by atoms with van der Waals surface area (Å²) < 4.78 is 6.73. The number of hydrogen-bond donors (Lipinski definition) is 3. The number of aliphatic hydroxyl groups is 1. The van der Waals surface area contributed by atoms with E-state index in [1.165, 1.54) is 0 Å². The van der Waals surface area contributed by atoms with Crippen LogP contribution in [0.2, 0.25) is 0 Å². The van der Waals surface area contributed by atoms with E-state index in [1.54, 1.807) is 24.3 Å². The van der Waals surface area contributed by atoms with Gasteiger partial charge in [0.05, 0.1) is 4.47 Å². The van der Waals surface area contributed by atoms with Crippen LogP contribution < -0.4 is 5.32 Å². The second kappa shape index (κ2) is 9.22. The number of nitrogens with one attached hydrogen (secondary N) is 1. The lowest BCUT2D eigenvalue weighted by atomic mass is 10.0. The maximum atomic E-state index is 12.2. The third kappa shape index (κ3) is 5.73. The highest BCUT2D eigenvalue weighted by molar-refractivity contribution is 9.11. The lowest BCUT2D eigenvalue weighted by Gasteiger charge is -2.20. The lowest BCUT2D eigenvalue weighted by Crippen LogP contribution is -2.18. The van der Waals surface area contributed by atoms with Crippen molar-refractivity contribution in [1.29, 1.82) is 0 Å². The van der Waals surface area contributed by atoms with E-state index in [2.05, 4.69) is 37.2 Å². The molecule has 134 valence electrons. The monoisotopic (exact) mass is 471 g/mol. The molecule has 3 N–H and O–H groups in total. The molecule has 0 aliphatic carbocycles. The molecule has 5 nitrogen and oxygen atoms in total. The molecule has 0 saturated heterocycles. The number of phenols is 1. The Labute approximate surface area is 163 Å². The summed E-state index contributed by atoms with van der Waals surface area (Å²) in [6.45, 7) is 1.93. The molecule has 0 saturated carbocycles. The van der Waals surface area contributed by atoms with Crippen LogP contribution in [0.3, 0.4) is 0 Å². The Bertz CT molecular complexity index is 735. The van der Waals surface area contributed by atoms with Crippen LogP contribution >= 0.6 is 31.9 Å². The minimum absolute atomic E-state index is 0.00859. The number of aromatic hydroxyl groups is 1. The van der Waals surface area contributed by atoms with Crippen molar-refractivity contribution in [3.05, 3.63) is 56.5 Å². The molecule has 1 amide bonds. The standard InChI is InChI=1S/C18H19Br2NO4/c1-11-4-6-13(7-5-11)21-18(24)25-16(3-2-8-22)14-9-12(19)10-15(20)17(14)23/h4-7,9-10,16,22-23H,2-3,8H2,1H3,(H,21,24)/t16-/m0/s1. The van der Waals surface area contributed by atoms with Crippen LogP contribution in [0, 0.1) is 6.92 Å². The summed E-state index contributed by atoms with van der Waals surface area (Å²) in [4.78, 5) is 12.2. The smallest absolute Gasteiger partial charge is 0.412 e. The highest BCUT2D eigenvalue weighted by Crippen LogP contribution is 2.38. The van der Waals surface area contributed by atoms with Crippen molar-refractivity contribution >= 4 is 43.6 Å². The van der Waals surface area contributed by atoms with Crippen molar-refractivity contribution in [1.82, 2.24) is 0 Å². The van der Waals surface area contributed by atoms with E-state index in [9.17, 15) is 9.90 Å². The molecule has 0 spiro atoms. The summed E-state index contributed by atoms with van der Waals surface area (Å²) in [5.41, 5.74) is 2.17. The van der Waals surface area contributed by atoms with Crippen LogP contribution in [0.25, 0.3) is 0 Å². The largest absolute Gasteiger partial charge is 0.506 e. The fraction of sp³-hybridized carbons (Fsp3) is 0.278. The van der Waals surface area contributed by atoms with Gasteiger partial charge in [0, 0.05) is 22.3 Å². The molecule has 0 heterocycles. The normalized spacial score (nSPS) is 11.8. The van der Waals surface area contributed by atoms with E-state index >= 15 is 0 Å². The summed E-state index contributed by atoms with van der Waals surface area (Å²) in [5.74, 6) is 0.00859. The van der Waals surface area contributed by atoms with Crippen molar-refractivity contribution in [2.75, 3.05) is 11.9 Å². The number of ether oxygens (including phenoxy) is 1. The third-order valence-corrected chi connectivity index (χ3v) is 4.64. The predicted molar refractivity (Wildman–Crippen MR) is 104 cm³/mol. The molecule has 0 radical (unpaired) electrons. The molecule has 0 aromatic heterocycles. The van der Waals surface area contributed by atoms with Gasteiger partial charge in [0.15, 0.2) is 0 Å². The molecule has 25 heavy (non-hydrogen) atoms. The van der Waals surface area contributed by atoms with E-state index in [4.69, 9.17) is 9.84 Å². The van der Waals surface area contributed by atoms with Crippen molar-refractivity contribution in [2.45, 2.75) is 25.9 Å². The number of aliphatic hydroxyl groups excluding tert-OH is 1. The maximum Gasteiger partial charge on any atom is 0.412 e. The molecule has 0 aliphatic rings. The highest BCUT2D eigenvalue weighted by atomic mass is 79.9. The van der Waals surface area contributed by atoms with Crippen molar-refractivity contribution in [3.8, 4) is 5.75 Å². The minimum atomic E-state index is -0.689. The molecule has 2 aromatic rings. The van der Waals surface area contributed by atoms with Gasteiger partial charge in [-0.25, -0.2) is 4.79 Å². The Kier molecular flexibility index (Phi) is 7.28. The van der Waals surface area contributed by atoms with Crippen LogP contribution in [0.5, 0.6) is 5.75 Å². The quantitative estimate of drug-likeness (QED) is 0.533. The Morgan fingerprint density at radius 3 is 2.56 bits per heavy atom. The number of carbonyl (C=O) groups excluding carboxylic acids is 1. The zero-order valence-electron chi connectivity index (χ0n) is 13.6. The molecule has 0 fully saturated rings. The number of phenolic OH excluding ortho intramolecular Hbond substituents is 1. The van der Waals surface area contributed by atoms with Crippen LogP contribution in [0.1, 0.15) is 30.1 Å². The Hall–Kier alpha value is -1.57. The van der Waals surface area contributed by atoms with Gasteiger partial charge in [0.2, 0.25) is 0 Å². The molecule has 7 heteroatoms. The lowest BCUT2D eigenvalue weighted by molar-refractivity contribution is 0.0979. The van der Waals surface area contributed by atoms with Gasteiger partial charge < -0.3 is 14.9 Å². The first-order valence-electron chi connectivity index (χ1n) is 7.73. The number of anilines is 1. The number of carbonyl (C=O) groups is 1. The number of halogens is 2. The summed E-state index contributed by atoms with van der Waals surface area (Å²) in [6, 6.07) is 10.7. The topological polar surface area (TPSA) is 78.8 Å². The predicted octanol–water partition coefficient (Wildman–Crippen LogP) is 5.29. The van der Waals surface area contributed by atoms with E-state index in [-0.39, 0.29) is 12.4 Å². The van der Waals surface area contributed by atoms with Gasteiger partial charge in [-0.05, 0) is 60.0 Å². The van der Waals surface area contributed by atoms with Gasteiger partial charge in [0.25, 0.3) is 0 Å². The number of hydrogen-bond acceptors (Lipinski definition) is 4. The summed E-state index contributed by atoms with van der Waals surface area (Å²) in [6.07, 6.45) is -0.492. The Balaban J connectivity index is 2.17. The molecular weight excluding hydrogens is 454 g/mol. The van der Waals surface area contributed by atoms with E-state index in [0.717, 1.165) is 10.0 Å². The molecule has 0 aliphatic heterocycles. The molecule has 1 atom stereocenters. The highest BCUT2D eigenvalue weighted by Gasteiger charge is 2.22. The summed E-state index contributed by atoms with van der Waals surface area (Å²) in [7, 11) is 0. The van der Waals surface area contributed by atoms with Crippen LogP contribution in [-0.4, -0.2) is 22.9 Å². The van der Waals surface area contributed by atoms with Gasteiger partial charge in [-0.2, -0.15) is 0 Å². The van der Waals surface area contributed by atoms with Gasteiger partial charge >= 0.3 is 6.09 Å². The SMILES string of the molecule is Cc1ccc(NC(=O)O[C@@H](CCCO)c2cc(Br)cc(Br)c2O)cc1. The fourth-order valence-electron chi connectivity index (χ4n) is 2.30. The molecule has 0 bridgehead atoms. The number of benzene rings is 2. The van der Waals surface area contributed by atoms with E-state index < -0.39 is 12.2 Å². The first-order valence-corrected chi connectivity index (χ1v) is 9.32. The third-order valence-electron chi connectivity index (χ3n) is 3.58. The molecular formula is C18H19Br2NO4. The average Bonchev–Trinajstić information content (AvgIpc) is 2.57. The summed E-state index contributed by atoms with van der Waals surface area (Å²) >= 11 is 6.64. The van der Waals surface area contributed by atoms with Gasteiger partial charge in [-0.1, -0.05) is 33.6 Å². The average molecular weight is 473 g/mol. The molecule has 2 rings (SSSR count). The number of aryl methyl sites for hydroxylation is 1. The first-order chi connectivity index (χ1) is 11.9. The van der Waals surface area contributed by atoms with E-state index in [1.807, 2.05) is 19.1 Å². The summed E-state index contributed by atoms with van der Waals surface area (Å²) in [5, 5.41) is 22.0. The van der Waals surface area contributed by atoms with Crippen LogP contribution in [0.15, 0.2) is 45.3 Å². The first kappa shape index (κ1) is 19.8. The minimum Gasteiger partial charge on any atom is -0.506 e. The zero-order chi connectivity index (χ0) is 18.4. The van der Waals surface area contributed by atoms with Crippen LogP contribution in [0.4, 0.5) is 10.5 Å². The second-order valence-corrected chi connectivity index (χ2v) is 7.35. The second-order valence-electron chi connectivity index (χ2n) is 5.58. The maximum absolute atomic E-state index is 12.2. The van der Waals surface area contributed by atoms with E-state index in [0.29, 0.717) is 28.6 Å². The van der Waals surface area contributed by atoms with Gasteiger partial charge in [-0.3, -0.25) is 5.32 Å². The van der Waals surface area contributed by atoms with Crippen molar-refractivity contribution in [2.24, 2.45) is 0 Å². The number of amides is 1. The van der Waals surface area contributed by atoms with Crippen molar-refractivity contribution < 1.29 is 19.7 Å². The number of rotatable bonds is 6. The molecule has 2 aromatic carbocycles. The van der Waals surface area contributed by atoms with Gasteiger partial charge in [0.1, 0.15) is 11.9 Å². The Morgan fingerprint density at radius 1 is 1.24 bits per heavy atom. The van der Waals surface area contributed by atoms with Crippen LogP contribution in [-0.2, 0) is 4.74 Å². The fourth-order valence-corrected chi connectivity index (χ4v) is 3.56. The van der Waals surface area contributed by atoms with Gasteiger partial charge in [-0.15, -0.1) is 0 Å². The Morgan fingerprint density at radius 2 is 1.92 bits per heavy atom. The molecule has 0 unspecified atom stereocenters.